The number of fused-ring (bicyclic) bond motifs is 3. The third-order valence-corrected chi connectivity index (χ3v) is 7.11. The van der Waals surface area contributed by atoms with E-state index in [0.717, 1.165) is 0 Å². The second-order valence-electron chi connectivity index (χ2n) is 6.86. The Morgan fingerprint density at radius 3 is 2.61 bits per heavy atom. The zero-order valence-electron chi connectivity index (χ0n) is 16.6. The molecular formula is C23H19ClN2O4S. The average molecular weight is 455 g/mol. The molecular weight excluding hydrogens is 436 g/mol. The van der Waals surface area contributed by atoms with Gasteiger partial charge in [-0.2, -0.15) is 0 Å². The van der Waals surface area contributed by atoms with E-state index in [0.29, 0.717) is 38.8 Å². The van der Waals surface area contributed by atoms with Gasteiger partial charge in [-0.3, -0.25) is 9.10 Å². The summed E-state index contributed by atoms with van der Waals surface area (Å²) in [5, 5.41) is 3.19. The smallest absolute Gasteiger partial charge is 0.265 e. The number of nitrogens with one attached hydrogen (secondary N) is 1. The largest absolute Gasteiger partial charge is 0.495 e. The molecule has 1 N–H and O–H groups in total. The minimum atomic E-state index is -3.72. The molecule has 1 aliphatic rings. The Kier molecular flexibility index (Phi) is 5.47. The summed E-state index contributed by atoms with van der Waals surface area (Å²) < 4.78 is 32.6. The van der Waals surface area contributed by atoms with E-state index in [-0.39, 0.29) is 17.3 Å². The summed E-state index contributed by atoms with van der Waals surface area (Å²) in [7, 11) is -2.20. The Bertz CT molecular complexity index is 1300. The third-order valence-electron chi connectivity index (χ3n) is 4.98. The molecule has 3 aromatic rings. The molecule has 6 nitrogen and oxygen atoms in total. The lowest BCUT2D eigenvalue weighted by Crippen LogP contribution is -2.34. The Labute approximate surface area is 185 Å². The number of carbonyl (C=O) groups excluding carboxylic acids is 1. The van der Waals surface area contributed by atoms with Crippen molar-refractivity contribution in [3.8, 4) is 16.9 Å². The van der Waals surface area contributed by atoms with Crippen molar-refractivity contribution in [1.82, 2.24) is 0 Å². The van der Waals surface area contributed by atoms with Crippen LogP contribution in [0, 0.1) is 0 Å². The van der Waals surface area contributed by atoms with Crippen LogP contribution in [-0.2, 0) is 10.0 Å². The van der Waals surface area contributed by atoms with Crippen molar-refractivity contribution < 1.29 is 17.9 Å². The molecule has 0 fully saturated rings. The molecule has 158 valence electrons. The first-order valence-electron chi connectivity index (χ1n) is 9.39. The molecule has 1 amide bonds. The van der Waals surface area contributed by atoms with Gasteiger partial charge in [-0.25, -0.2) is 8.42 Å². The van der Waals surface area contributed by atoms with Crippen LogP contribution in [0.25, 0.3) is 11.1 Å². The molecule has 0 radical (unpaired) electrons. The molecule has 0 saturated carbocycles. The zero-order valence-corrected chi connectivity index (χ0v) is 18.2. The molecule has 8 heteroatoms. The van der Waals surface area contributed by atoms with Gasteiger partial charge in [-0.15, -0.1) is 6.58 Å². The van der Waals surface area contributed by atoms with Crippen LogP contribution in [0.1, 0.15) is 10.4 Å². The van der Waals surface area contributed by atoms with Gasteiger partial charge in [0, 0.05) is 22.4 Å². The summed E-state index contributed by atoms with van der Waals surface area (Å²) in [6.45, 7) is 3.80. The lowest BCUT2D eigenvalue weighted by atomic mass is 10.00. The molecule has 0 aliphatic carbocycles. The Hall–Kier alpha value is -3.29. The van der Waals surface area contributed by atoms with Crippen molar-refractivity contribution in [2.24, 2.45) is 0 Å². The minimum Gasteiger partial charge on any atom is -0.495 e. The fraction of sp³-hybridized carbons (Fsp3) is 0.0870. The van der Waals surface area contributed by atoms with Crippen LogP contribution in [0.4, 0.5) is 11.4 Å². The molecule has 31 heavy (non-hydrogen) atoms. The highest BCUT2D eigenvalue weighted by Crippen LogP contribution is 2.43. The number of halogens is 1. The number of hydrogen-bond acceptors (Lipinski definition) is 4. The van der Waals surface area contributed by atoms with E-state index in [1.54, 1.807) is 60.7 Å². The van der Waals surface area contributed by atoms with Crippen molar-refractivity contribution in [3.05, 3.63) is 83.9 Å². The van der Waals surface area contributed by atoms with Crippen molar-refractivity contribution in [2.75, 3.05) is 23.3 Å². The van der Waals surface area contributed by atoms with Gasteiger partial charge in [0.2, 0.25) is 0 Å². The number of ether oxygens (including phenoxy) is 1. The monoisotopic (exact) mass is 454 g/mol. The van der Waals surface area contributed by atoms with Crippen LogP contribution >= 0.6 is 11.6 Å². The molecule has 0 spiro atoms. The maximum atomic E-state index is 13.1. The van der Waals surface area contributed by atoms with Gasteiger partial charge in [0.25, 0.3) is 15.9 Å². The van der Waals surface area contributed by atoms with Crippen LogP contribution in [0.3, 0.4) is 0 Å². The highest BCUT2D eigenvalue weighted by Gasteiger charge is 2.34. The van der Waals surface area contributed by atoms with E-state index in [1.807, 2.05) is 0 Å². The van der Waals surface area contributed by atoms with Crippen molar-refractivity contribution in [2.45, 2.75) is 4.90 Å². The van der Waals surface area contributed by atoms with Crippen molar-refractivity contribution in [3.63, 3.8) is 0 Å². The van der Waals surface area contributed by atoms with Crippen LogP contribution in [-0.4, -0.2) is 28.0 Å². The Balaban J connectivity index is 1.75. The molecule has 0 unspecified atom stereocenters. The van der Waals surface area contributed by atoms with Gasteiger partial charge >= 0.3 is 0 Å². The number of amides is 1. The average Bonchev–Trinajstić information content (AvgIpc) is 2.76. The highest BCUT2D eigenvalue weighted by molar-refractivity contribution is 7.93. The van der Waals surface area contributed by atoms with Crippen LogP contribution in [0.2, 0.25) is 5.02 Å². The second kappa shape index (κ2) is 8.09. The van der Waals surface area contributed by atoms with E-state index in [2.05, 4.69) is 11.9 Å². The summed E-state index contributed by atoms with van der Waals surface area (Å²) in [5.41, 5.74) is 2.62. The number of nitrogens with zero attached hydrogens (tertiary/aromatic N) is 1. The first kappa shape index (κ1) is 21.0. The standard InChI is InChI=1S/C23H19ClN2O4S/c1-3-12-26-20-10-8-15(23(27)25-16-9-11-21(30-2)19(24)14-16)13-18(20)17-6-4-5-7-22(17)31(26,28)29/h3-11,13-14H,1,12H2,2H3,(H,25,27). The van der Waals surface area contributed by atoms with Gasteiger partial charge in [-0.1, -0.05) is 35.9 Å². The molecule has 0 bridgehead atoms. The second-order valence-corrected chi connectivity index (χ2v) is 9.09. The Morgan fingerprint density at radius 1 is 1.13 bits per heavy atom. The van der Waals surface area contributed by atoms with E-state index >= 15 is 0 Å². The van der Waals surface area contributed by atoms with Crippen LogP contribution in [0.15, 0.2) is 78.2 Å². The summed E-state index contributed by atoms with van der Waals surface area (Å²) in [6, 6.07) is 16.6. The number of methoxy groups -OCH3 is 1. The number of rotatable bonds is 5. The summed E-state index contributed by atoms with van der Waals surface area (Å²) >= 11 is 6.14. The molecule has 0 saturated heterocycles. The van der Waals surface area contributed by atoms with Gasteiger partial charge in [-0.05, 0) is 42.5 Å². The van der Waals surface area contributed by atoms with Crippen LogP contribution in [0.5, 0.6) is 5.75 Å². The molecule has 4 rings (SSSR count). The SMILES string of the molecule is C=CCN1c2ccc(C(=O)Nc3ccc(OC)c(Cl)c3)cc2-c2ccccc2S1(=O)=O. The van der Waals surface area contributed by atoms with Gasteiger partial charge < -0.3 is 10.1 Å². The number of anilines is 2. The zero-order chi connectivity index (χ0) is 22.2. The van der Waals surface area contributed by atoms with E-state index in [1.165, 1.54) is 17.5 Å². The van der Waals surface area contributed by atoms with E-state index in [4.69, 9.17) is 16.3 Å². The highest BCUT2D eigenvalue weighted by atomic mass is 35.5. The fourth-order valence-corrected chi connectivity index (χ4v) is 5.46. The number of sulfonamides is 1. The number of benzene rings is 3. The Morgan fingerprint density at radius 2 is 1.90 bits per heavy atom. The number of carbonyl (C=O) groups is 1. The summed E-state index contributed by atoms with van der Waals surface area (Å²) in [6.07, 6.45) is 1.53. The van der Waals surface area contributed by atoms with Gasteiger partial charge in [0.1, 0.15) is 5.75 Å². The minimum absolute atomic E-state index is 0.125. The first-order chi connectivity index (χ1) is 14.9. The topological polar surface area (TPSA) is 75.7 Å². The molecule has 3 aromatic carbocycles. The third kappa shape index (κ3) is 3.66. The normalized spacial score (nSPS) is 13.7. The maximum absolute atomic E-state index is 13.1. The summed E-state index contributed by atoms with van der Waals surface area (Å²) in [4.78, 5) is 13.1. The number of hydrogen-bond donors (Lipinski definition) is 1. The lowest BCUT2D eigenvalue weighted by Gasteiger charge is -2.31. The van der Waals surface area contributed by atoms with Gasteiger partial charge in [0.15, 0.2) is 0 Å². The molecule has 1 heterocycles. The summed E-state index contributed by atoms with van der Waals surface area (Å²) in [5.74, 6) is 0.166. The molecule has 0 atom stereocenters. The van der Waals surface area contributed by atoms with Gasteiger partial charge in [0.05, 0.1) is 29.3 Å². The molecule has 0 aromatic heterocycles. The van der Waals surface area contributed by atoms with E-state index < -0.39 is 10.0 Å². The van der Waals surface area contributed by atoms with Crippen molar-refractivity contribution >= 4 is 38.9 Å². The predicted octanol–water partition coefficient (Wildman–Crippen LogP) is 4.96. The predicted molar refractivity (Wildman–Crippen MR) is 123 cm³/mol. The van der Waals surface area contributed by atoms with Crippen molar-refractivity contribution in [1.29, 1.82) is 0 Å². The fourth-order valence-electron chi connectivity index (χ4n) is 3.53. The van der Waals surface area contributed by atoms with E-state index in [9.17, 15) is 13.2 Å². The maximum Gasteiger partial charge on any atom is 0.265 e. The lowest BCUT2D eigenvalue weighted by molar-refractivity contribution is 0.102. The first-order valence-corrected chi connectivity index (χ1v) is 11.2. The quantitative estimate of drug-likeness (QED) is 0.553. The molecule has 1 aliphatic heterocycles. The van der Waals surface area contributed by atoms with Crippen LogP contribution < -0.4 is 14.4 Å².